The van der Waals surface area contributed by atoms with E-state index in [0.717, 1.165) is 79.3 Å². The molecule has 6 aromatic rings. The number of nitro groups is 1. The lowest BCUT2D eigenvalue weighted by molar-refractivity contribution is -0.384. The molecular formula is C44H47ClN8O4S2. The van der Waals surface area contributed by atoms with Crippen molar-refractivity contribution in [3.8, 4) is 11.1 Å². The van der Waals surface area contributed by atoms with Gasteiger partial charge in [0.1, 0.15) is 12.0 Å². The highest BCUT2D eigenvalue weighted by molar-refractivity contribution is 7.99. The molecule has 5 aromatic carbocycles. The number of thioether (sulfide) groups is 1. The molecule has 1 aliphatic rings. The Labute approximate surface area is 354 Å². The van der Waals surface area contributed by atoms with Gasteiger partial charge in [0, 0.05) is 71.6 Å². The number of halogens is 1. The first-order chi connectivity index (χ1) is 28.5. The molecule has 0 aliphatic carbocycles. The second-order valence-corrected chi connectivity index (χ2v) is 18.0. The largest absolute Gasteiger partial charge is 0.376 e. The van der Waals surface area contributed by atoms with Crippen molar-refractivity contribution in [2.24, 2.45) is 0 Å². The Bertz CT molecular complexity index is 2490. The quantitative estimate of drug-likeness (QED) is 0.0517. The third-order valence-corrected chi connectivity index (χ3v) is 13.1. The zero-order valence-corrected chi connectivity index (χ0v) is 35.4. The fourth-order valence-corrected chi connectivity index (χ4v) is 9.48. The van der Waals surface area contributed by atoms with Gasteiger partial charge in [-0.15, -0.1) is 11.8 Å². The summed E-state index contributed by atoms with van der Waals surface area (Å²) in [4.78, 5) is 28.2. The van der Waals surface area contributed by atoms with Crippen molar-refractivity contribution in [3.63, 3.8) is 0 Å². The van der Waals surface area contributed by atoms with Crippen LogP contribution in [0.25, 0.3) is 22.0 Å². The molecule has 0 saturated carbocycles. The lowest BCUT2D eigenvalue weighted by atomic mass is 9.99. The van der Waals surface area contributed by atoms with Crippen LogP contribution >= 0.6 is 23.4 Å². The molecule has 59 heavy (non-hydrogen) atoms. The second-order valence-electron chi connectivity index (χ2n) is 14.8. The third-order valence-electron chi connectivity index (χ3n) is 10.3. The number of sulfonamides is 1. The molecule has 7 rings (SSSR count). The van der Waals surface area contributed by atoms with Crippen LogP contribution in [0.2, 0.25) is 5.02 Å². The van der Waals surface area contributed by atoms with Crippen LogP contribution in [0.4, 0.5) is 22.9 Å². The smallest absolute Gasteiger partial charge is 0.293 e. The molecule has 12 nitrogen and oxygen atoms in total. The molecule has 0 bridgehead atoms. The molecule has 1 aromatic heterocycles. The summed E-state index contributed by atoms with van der Waals surface area (Å²) < 4.78 is 30.1. The minimum atomic E-state index is -4.27. The average molecular weight is 851 g/mol. The topological polar surface area (TPSA) is 137 Å². The first-order valence-corrected chi connectivity index (χ1v) is 22.3. The summed E-state index contributed by atoms with van der Waals surface area (Å²) >= 11 is 8.10. The fraction of sp³-hybridized carbons (Fsp3) is 0.273. The number of rotatable bonds is 17. The summed E-state index contributed by atoms with van der Waals surface area (Å²) in [5.41, 5.74) is 5.01. The number of aromatic nitrogens is 2. The number of nitro benzene ring substituents is 1. The molecule has 306 valence electrons. The van der Waals surface area contributed by atoms with Crippen molar-refractivity contribution in [1.82, 2.24) is 19.8 Å². The van der Waals surface area contributed by atoms with Crippen LogP contribution in [0.15, 0.2) is 131 Å². The predicted octanol–water partition coefficient (Wildman–Crippen LogP) is 8.90. The molecule has 1 saturated heterocycles. The van der Waals surface area contributed by atoms with Gasteiger partial charge in [-0.25, -0.2) is 18.4 Å². The third kappa shape index (κ3) is 10.9. The van der Waals surface area contributed by atoms with Crippen molar-refractivity contribution in [1.29, 1.82) is 0 Å². The van der Waals surface area contributed by atoms with Crippen LogP contribution in [0.3, 0.4) is 0 Å². The highest BCUT2D eigenvalue weighted by Gasteiger charge is 2.25. The van der Waals surface area contributed by atoms with Gasteiger partial charge in [-0.2, -0.15) is 0 Å². The minimum absolute atomic E-state index is 0.0888. The number of hydrogen-bond donors (Lipinski definition) is 2. The number of hydrogen-bond acceptors (Lipinski definition) is 11. The maximum atomic E-state index is 13.8. The number of fused-ring (bicyclic) bond motifs is 1. The van der Waals surface area contributed by atoms with Gasteiger partial charge in [0.05, 0.1) is 15.3 Å². The highest BCUT2D eigenvalue weighted by atomic mass is 35.5. The molecule has 0 spiro atoms. The standard InChI is InChI=1S/C44H47ClN8O4S2/c1-50(2)21-9-12-35(30-58-37-13-7-4-8-14-37)48-41-20-17-38(28-43(41)53(54)55)59(56,57)49-44-40-19-16-36(27-42(40)46-31-47-44)52-24-22-51(23-25-52)29-33-26-34(45)15-18-39(33)32-10-5-3-6-11-32/h3-8,10-11,13-20,26-28,31,35,48H,9,12,21-25,29-30H2,1-2H3,(H,46,47,49). The van der Waals surface area contributed by atoms with E-state index in [9.17, 15) is 18.5 Å². The van der Waals surface area contributed by atoms with Gasteiger partial charge in [0.15, 0.2) is 5.82 Å². The lowest BCUT2D eigenvalue weighted by Crippen LogP contribution is -2.46. The van der Waals surface area contributed by atoms with Gasteiger partial charge in [-0.3, -0.25) is 19.7 Å². The Morgan fingerprint density at radius 1 is 0.898 bits per heavy atom. The molecule has 1 fully saturated rings. The van der Waals surface area contributed by atoms with E-state index < -0.39 is 14.9 Å². The van der Waals surface area contributed by atoms with E-state index in [2.05, 4.69) is 59.0 Å². The summed E-state index contributed by atoms with van der Waals surface area (Å²) in [6.07, 6.45) is 2.97. The number of benzene rings is 5. The summed E-state index contributed by atoms with van der Waals surface area (Å²) in [6.45, 7) is 4.93. The molecule has 2 N–H and O–H groups in total. The summed E-state index contributed by atoms with van der Waals surface area (Å²) in [7, 11) is -0.250. The summed E-state index contributed by atoms with van der Waals surface area (Å²) in [6, 6.07) is 35.9. The number of anilines is 3. The van der Waals surface area contributed by atoms with E-state index in [1.54, 1.807) is 11.8 Å². The highest BCUT2D eigenvalue weighted by Crippen LogP contribution is 2.33. The van der Waals surface area contributed by atoms with Crippen molar-refractivity contribution in [3.05, 3.63) is 142 Å². The zero-order valence-electron chi connectivity index (χ0n) is 33.0. The van der Waals surface area contributed by atoms with Crippen LogP contribution in [0.1, 0.15) is 18.4 Å². The van der Waals surface area contributed by atoms with Crippen molar-refractivity contribution in [2.75, 3.05) is 67.5 Å². The molecular weight excluding hydrogens is 804 g/mol. The molecule has 15 heteroatoms. The van der Waals surface area contributed by atoms with Gasteiger partial charge in [0.25, 0.3) is 15.7 Å². The lowest BCUT2D eigenvalue weighted by Gasteiger charge is -2.36. The Balaban J connectivity index is 1.03. The maximum absolute atomic E-state index is 13.8. The molecule has 1 atom stereocenters. The van der Waals surface area contributed by atoms with Crippen LogP contribution in [-0.2, 0) is 16.6 Å². The Kier molecular flexibility index (Phi) is 13.6. The van der Waals surface area contributed by atoms with Gasteiger partial charge in [-0.05, 0) is 105 Å². The van der Waals surface area contributed by atoms with Crippen LogP contribution in [0, 0.1) is 10.1 Å². The van der Waals surface area contributed by atoms with E-state index >= 15 is 0 Å². The molecule has 1 aliphatic heterocycles. The molecule has 2 heterocycles. The fourth-order valence-electron chi connectivity index (χ4n) is 7.24. The van der Waals surface area contributed by atoms with E-state index in [4.69, 9.17) is 11.6 Å². The molecule has 1 unspecified atom stereocenters. The Morgan fingerprint density at radius 3 is 2.37 bits per heavy atom. The summed E-state index contributed by atoms with van der Waals surface area (Å²) in [5, 5.41) is 16.9. The van der Waals surface area contributed by atoms with Gasteiger partial charge in [-0.1, -0.05) is 66.2 Å². The van der Waals surface area contributed by atoms with E-state index in [1.165, 1.54) is 29.6 Å². The van der Waals surface area contributed by atoms with E-state index in [0.29, 0.717) is 16.7 Å². The number of nitrogens with one attached hydrogen (secondary N) is 2. The van der Waals surface area contributed by atoms with Crippen molar-refractivity contribution < 1.29 is 13.3 Å². The summed E-state index contributed by atoms with van der Waals surface area (Å²) in [5.74, 6) is 0.764. The monoisotopic (exact) mass is 850 g/mol. The van der Waals surface area contributed by atoms with Crippen molar-refractivity contribution >= 4 is 67.2 Å². The first kappa shape index (κ1) is 41.9. The van der Waals surface area contributed by atoms with E-state index in [1.807, 2.05) is 86.9 Å². The zero-order chi connectivity index (χ0) is 41.4. The molecule has 0 radical (unpaired) electrons. The van der Waals surface area contributed by atoms with Crippen LogP contribution in [-0.4, -0.2) is 91.7 Å². The normalized spacial score (nSPS) is 14.1. The Morgan fingerprint density at radius 2 is 1.64 bits per heavy atom. The van der Waals surface area contributed by atoms with Gasteiger partial charge in [0.2, 0.25) is 0 Å². The van der Waals surface area contributed by atoms with Gasteiger partial charge < -0.3 is 15.1 Å². The maximum Gasteiger partial charge on any atom is 0.293 e. The average Bonchev–Trinajstić information content (AvgIpc) is 3.23. The SMILES string of the molecule is CN(C)CCCC(CSc1ccccc1)Nc1ccc(S(=O)(=O)Nc2ncnc3cc(N4CCN(Cc5cc(Cl)ccc5-c5ccccc5)CC4)ccc23)cc1[N+](=O)[O-]. The predicted molar refractivity (Wildman–Crippen MR) is 240 cm³/mol. The van der Waals surface area contributed by atoms with Gasteiger partial charge >= 0.3 is 0 Å². The van der Waals surface area contributed by atoms with Crippen molar-refractivity contribution in [2.45, 2.75) is 35.2 Å². The number of nitrogens with zero attached hydrogens (tertiary/aromatic N) is 6. The van der Waals surface area contributed by atoms with Crippen LogP contribution < -0.4 is 14.9 Å². The second kappa shape index (κ2) is 19.2. The molecule has 0 amide bonds. The minimum Gasteiger partial charge on any atom is -0.376 e. The first-order valence-electron chi connectivity index (χ1n) is 19.5. The van der Waals surface area contributed by atoms with Crippen LogP contribution in [0.5, 0.6) is 0 Å². The number of piperazine rings is 1. The Hall–Kier alpha value is -5.25. The van der Waals surface area contributed by atoms with E-state index in [-0.39, 0.29) is 28.1 Å².